The van der Waals surface area contributed by atoms with Gasteiger partial charge >= 0.3 is 6.18 Å². The normalized spacial score (nSPS) is 13.2. The number of fused-ring (bicyclic) bond motifs is 1. The first kappa shape index (κ1) is 27.9. The van der Waals surface area contributed by atoms with Crippen LogP contribution in [0.2, 0.25) is 0 Å². The van der Waals surface area contributed by atoms with Gasteiger partial charge in [-0.1, -0.05) is 18.2 Å². The summed E-state index contributed by atoms with van der Waals surface area (Å²) in [5, 5.41) is 1.86. The third-order valence-electron chi connectivity index (χ3n) is 5.75. The maximum Gasteiger partial charge on any atom is 0.416 e. The number of sulfonamides is 1. The van der Waals surface area contributed by atoms with Gasteiger partial charge in [-0.25, -0.2) is 8.42 Å². The molecule has 1 aliphatic rings. The maximum absolute atomic E-state index is 13.5. The van der Waals surface area contributed by atoms with E-state index in [1.54, 1.807) is 18.2 Å². The highest BCUT2D eigenvalue weighted by molar-refractivity contribution is 7.89. The monoisotopic (exact) mass is 570 g/mol. The number of hydrogen-bond donors (Lipinski definition) is 0. The predicted molar refractivity (Wildman–Crippen MR) is 133 cm³/mol. The topological polar surface area (TPSA) is 85.4 Å². The summed E-state index contributed by atoms with van der Waals surface area (Å²) in [4.78, 5) is 15.3. The Hall–Kier alpha value is -3.13. The summed E-state index contributed by atoms with van der Waals surface area (Å²) >= 11 is 1.44. The Morgan fingerprint density at radius 2 is 1.84 bits per heavy atom. The summed E-state index contributed by atoms with van der Waals surface area (Å²) < 4.78 is 83.1. The molecule has 1 amide bonds. The zero-order valence-electron chi connectivity index (χ0n) is 20.3. The van der Waals surface area contributed by atoms with Crippen LogP contribution in [0.15, 0.2) is 64.9 Å². The molecule has 3 aromatic rings. The largest absolute Gasteiger partial charge is 0.454 e. The van der Waals surface area contributed by atoms with Crippen LogP contribution in [0, 0.1) is 0 Å². The van der Waals surface area contributed by atoms with Crippen LogP contribution in [0.1, 0.15) is 16.0 Å². The molecule has 0 aliphatic carbocycles. The molecule has 0 radical (unpaired) electrons. The molecule has 0 N–H and O–H groups in total. The van der Waals surface area contributed by atoms with Crippen LogP contribution < -0.4 is 9.47 Å². The van der Waals surface area contributed by atoms with E-state index in [4.69, 9.17) is 14.2 Å². The molecular weight excluding hydrogens is 545 g/mol. The maximum atomic E-state index is 13.5. The Labute approximate surface area is 222 Å². The van der Waals surface area contributed by atoms with Crippen molar-refractivity contribution in [2.45, 2.75) is 24.2 Å². The zero-order valence-corrected chi connectivity index (χ0v) is 21.9. The molecule has 204 valence electrons. The summed E-state index contributed by atoms with van der Waals surface area (Å²) in [5.41, 5.74) is -0.359. The van der Waals surface area contributed by atoms with Gasteiger partial charge in [0.2, 0.25) is 22.7 Å². The van der Waals surface area contributed by atoms with E-state index in [0.29, 0.717) is 17.6 Å². The molecule has 38 heavy (non-hydrogen) atoms. The highest BCUT2D eigenvalue weighted by Gasteiger charge is 2.34. The van der Waals surface area contributed by atoms with E-state index in [-0.39, 0.29) is 33.0 Å². The fourth-order valence-electron chi connectivity index (χ4n) is 3.79. The van der Waals surface area contributed by atoms with Crippen LogP contribution in [0.3, 0.4) is 0 Å². The predicted octanol–water partition coefficient (Wildman–Crippen LogP) is 4.36. The molecule has 0 unspecified atom stereocenters. The number of alkyl halides is 3. The first-order chi connectivity index (χ1) is 18.1. The number of ether oxygens (including phenoxy) is 3. The molecule has 13 heteroatoms. The van der Waals surface area contributed by atoms with E-state index in [1.165, 1.54) is 23.3 Å². The lowest BCUT2D eigenvalue weighted by atomic mass is 10.2. The number of thiophene rings is 1. The van der Waals surface area contributed by atoms with Gasteiger partial charge in [0.05, 0.1) is 30.2 Å². The van der Waals surface area contributed by atoms with E-state index >= 15 is 0 Å². The van der Waals surface area contributed by atoms with Crippen molar-refractivity contribution < 1.29 is 40.6 Å². The fourth-order valence-corrected chi connectivity index (χ4v) is 5.93. The Bertz CT molecular complexity index is 1360. The molecule has 1 aromatic heterocycles. The summed E-state index contributed by atoms with van der Waals surface area (Å²) in [6, 6.07) is 12.4. The van der Waals surface area contributed by atoms with Crippen LogP contribution in [-0.4, -0.2) is 57.1 Å². The molecule has 0 bridgehead atoms. The molecule has 8 nitrogen and oxygen atoms in total. The molecular formula is C25H25F3N2O6S2. The Kier molecular flexibility index (Phi) is 8.61. The number of halogens is 3. The van der Waals surface area contributed by atoms with Gasteiger partial charge in [0.15, 0.2) is 11.5 Å². The van der Waals surface area contributed by atoms with Crippen LogP contribution in [0.5, 0.6) is 11.5 Å². The highest BCUT2D eigenvalue weighted by atomic mass is 32.2. The van der Waals surface area contributed by atoms with Gasteiger partial charge in [0.1, 0.15) is 0 Å². The summed E-state index contributed by atoms with van der Waals surface area (Å²) in [6.07, 6.45) is -4.72. The van der Waals surface area contributed by atoms with Gasteiger partial charge in [-0.05, 0) is 47.3 Å². The second-order valence-corrected chi connectivity index (χ2v) is 11.3. The van der Waals surface area contributed by atoms with Crippen LogP contribution in [0.4, 0.5) is 13.2 Å². The lowest BCUT2D eigenvalue weighted by molar-refractivity contribution is -0.137. The molecule has 1 aliphatic heterocycles. The van der Waals surface area contributed by atoms with Crippen molar-refractivity contribution in [2.24, 2.45) is 0 Å². The van der Waals surface area contributed by atoms with Gasteiger partial charge in [0, 0.05) is 25.1 Å². The first-order valence-corrected chi connectivity index (χ1v) is 13.7. The van der Waals surface area contributed by atoms with Gasteiger partial charge in [-0.3, -0.25) is 4.79 Å². The lowest BCUT2D eigenvalue weighted by Gasteiger charge is -2.27. The molecule has 0 saturated heterocycles. The van der Waals surface area contributed by atoms with E-state index in [1.807, 2.05) is 17.5 Å². The summed E-state index contributed by atoms with van der Waals surface area (Å²) in [6.45, 7) is -0.408. The highest BCUT2D eigenvalue weighted by Crippen LogP contribution is 2.33. The van der Waals surface area contributed by atoms with Crippen LogP contribution in [-0.2, 0) is 38.8 Å². The van der Waals surface area contributed by atoms with Crippen molar-refractivity contribution in [1.29, 1.82) is 0 Å². The van der Waals surface area contributed by atoms with E-state index in [0.717, 1.165) is 32.9 Å². The minimum absolute atomic E-state index is 0.0570. The average molecular weight is 571 g/mol. The van der Waals surface area contributed by atoms with Crippen molar-refractivity contribution in [1.82, 2.24) is 9.21 Å². The molecule has 4 rings (SSSR count). The molecule has 2 aromatic carbocycles. The number of methoxy groups -OCH3 is 1. The summed E-state index contributed by atoms with van der Waals surface area (Å²) in [7, 11) is -3.09. The Morgan fingerprint density at radius 1 is 1.05 bits per heavy atom. The van der Waals surface area contributed by atoms with Crippen molar-refractivity contribution in [2.75, 3.05) is 33.6 Å². The second-order valence-electron chi connectivity index (χ2n) is 8.37. The fraction of sp³-hybridized carbons (Fsp3) is 0.320. The minimum Gasteiger partial charge on any atom is -0.454 e. The Balaban J connectivity index is 1.60. The number of hydrogen-bond acceptors (Lipinski definition) is 7. The molecule has 0 atom stereocenters. The Morgan fingerprint density at radius 3 is 2.55 bits per heavy atom. The van der Waals surface area contributed by atoms with Crippen molar-refractivity contribution in [3.8, 4) is 11.5 Å². The number of nitrogens with zero attached hydrogens (tertiary/aromatic N) is 2. The van der Waals surface area contributed by atoms with Crippen molar-refractivity contribution in [3.05, 3.63) is 76.0 Å². The molecule has 0 fully saturated rings. The second kappa shape index (κ2) is 11.7. The van der Waals surface area contributed by atoms with Crippen LogP contribution >= 0.6 is 11.3 Å². The standard InChI is InChI=1S/C25H25F3N2O6S2/c1-34-10-9-30(38(32,33)21-6-2-4-19(13-21)25(26,27)28)16-24(31)29(15-20-5-3-11-37-20)14-18-7-8-22-23(12-18)36-17-35-22/h2-8,11-13H,9-10,14-17H2,1H3. The number of rotatable bonds is 11. The first-order valence-electron chi connectivity index (χ1n) is 11.4. The summed E-state index contributed by atoms with van der Waals surface area (Å²) in [5.74, 6) is 0.602. The minimum atomic E-state index is -4.72. The zero-order chi connectivity index (χ0) is 27.3. The third kappa shape index (κ3) is 6.65. The number of benzene rings is 2. The smallest absolute Gasteiger partial charge is 0.416 e. The SMILES string of the molecule is COCCN(CC(=O)N(Cc1ccc2c(c1)OCO2)Cc1cccs1)S(=O)(=O)c1cccc(C(F)(F)F)c1. The number of amides is 1. The molecule has 0 spiro atoms. The van der Waals surface area contributed by atoms with E-state index < -0.39 is 39.1 Å². The van der Waals surface area contributed by atoms with Gasteiger partial charge in [-0.2, -0.15) is 17.5 Å². The number of carbonyl (C=O) groups excluding carboxylic acids is 1. The van der Waals surface area contributed by atoms with Crippen LogP contribution in [0.25, 0.3) is 0 Å². The van der Waals surface area contributed by atoms with Gasteiger partial charge in [-0.15, -0.1) is 11.3 Å². The molecule has 2 heterocycles. The van der Waals surface area contributed by atoms with E-state index in [9.17, 15) is 26.4 Å². The van der Waals surface area contributed by atoms with Gasteiger partial charge in [0.25, 0.3) is 0 Å². The third-order valence-corrected chi connectivity index (χ3v) is 8.45. The van der Waals surface area contributed by atoms with E-state index in [2.05, 4.69) is 0 Å². The lowest BCUT2D eigenvalue weighted by Crippen LogP contribution is -2.43. The average Bonchev–Trinajstić information content (AvgIpc) is 3.57. The van der Waals surface area contributed by atoms with Crippen molar-refractivity contribution in [3.63, 3.8) is 0 Å². The van der Waals surface area contributed by atoms with Crippen molar-refractivity contribution >= 4 is 27.3 Å². The number of carbonyl (C=O) groups is 1. The van der Waals surface area contributed by atoms with Gasteiger partial charge < -0.3 is 19.1 Å². The quantitative estimate of drug-likeness (QED) is 0.341. The molecule has 0 saturated carbocycles.